The van der Waals surface area contributed by atoms with Gasteiger partial charge in [0.25, 0.3) is 5.91 Å². The van der Waals surface area contributed by atoms with Crippen LogP contribution in [0.1, 0.15) is 31.9 Å². The van der Waals surface area contributed by atoms with E-state index in [-0.39, 0.29) is 28.3 Å². The van der Waals surface area contributed by atoms with Gasteiger partial charge in [-0.3, -0.25) is 14.4 Å². The van der Waals surface area contributed by atoms with Crippen molar-refractivity contribution < 1.29 is 27.2 Å². The van der Waals surface area contributed by atoms with Crippen LogP contribution in [0.2, 0.25) is 0 Å². The molecule has 0 N–H and O–H groups in total. The SMILES string of the molecule is Cc1ccc2c(c1)CC(=O)N(c1ccc(CC(=O)CS(=O)(=O)c3ccc(C)s3)cc1F)C2=O. The molecule has 0 unspecified atom stereocenters. The van der Waals surface area contributed by atoms with Crippen LogP contribution in [0, 0.1) is 19.7 Å². The Bertz CT molecular complexity index is 1410. The summed E-state index contributed by atoms with van der Waals surface area (Å²) < 4.78 is 39.8. The molecule has 0 aliphatic carbocycles. The summed E-state index contributed by atoms with van der Waals surface area (Å²) in [6.07, 6.45) is -0.312. The van der Waals surface area contributed by atoms with E-state index in [2.05, 4.69) is 0 Å². The Labute approximate surface area is 194 Å². The Morgan fingerprint density at radius 1 is 1.06 bits per heavy atom. The number of Topliss-reactive ketones (excluding diaryl/α,β-unsaturated/α-hetero) is 1. The molecule has 2 aromatic carbocycles. The third kappa shape index (κ3) is 4.65. The van der Waals surface area contributed by atoms with Crippen molar-refractivity contribution in [3.8, 4) is 0 Å². The van der Waals surface area contributed by atoms with Crippen molar-refractivity contribution in [2.45, 2.75) is 30.9 Å². The largest absolute Gasteiger partial charge is 0.298 e. The summed E-state index contributed by atoms with van der Waals surface area (Å²) in [5.74, 6) is -3.26. The number of fused-ring (bicyclic) bond motifs is 1. The average molecular weight is 486 g/mol. The summed E-state index contributed by atoms with van der Waals surface area (Å²) in [5.41, 5.74) is 1.92. The lowest BCUT2D eigenvalue weighted by molar-refractivity contribution is -0.118. The fourth-order valence-corrected chi connectivity index (χ4v) is 6.39. The molecule has 33 heavy (non-hydrogen) atoms. The topological polar surface area (TPSA) is 88.6 Å². The lowest BCUT2D eigenvalue weighted by Gasteiger charge is -2.27. The van der Waals surface area contributed by atoms with Gasteiger partial charge in [0, 0.05) is 16.9 Å². The number of hydrogen-bond acceptors (Lipinski definition) is 6. The van der Waals surface area contributed by atoms with Gasteiger partial charge in [-0.05, 0) is 55.3 Å². The molecule has 1 aromatic heterocycles. The van der Waals surface area contributed by atoms with E-state index in [1.165, 1.54) is 18.2 Å². The molecular weight excluding hydrogens is 465 g/mol. The van der Waals surface area contributed by atoms with E-state index in [4.69, 9.17) is 0 Å². The van der Waals surface area contributed by atoms with Gasteiger partial charge in [0.05, 0.1) is 12.1 Å². The molecule has 4 rings (SSSR count). The molecule has 0 saturated carbocycles. The number of nitrogens with zero attached hydrogens (tertiary/aromatic N) is 1. The van der Waals surface area contributed by atoms with Crippen LogP contribution in [0.15, 0.2) is 52.7 Å². The standard InChI is InChI=1S/C24H20FNO5S2/c1-14-3-6-19-17(9-14)12-22(28)26(24(19)29)21-7-5-16(11-20(21)25)10-18(27)13-33(30,31)23-8-4-15(2)32-23/h3-9,11H,10,12-13H2,1-2H3. The Balaban J connectivity index is 1.52. The van der Waals surface area contributed by atoms with Crippen LogP contribution in [-0.4, -0.2) is 31.8 Å². The number of thiophene rings is 1. The molecule has 1 aliphatic rings. The Hall–Kier alpha value is -3.17. The predicted octanol–water partition coefficient (Wildman–Crippen LogP) is 3.82. The second kappa shape index (κ2) is 8.64. The minimum absolute atomic E-state index is 0.0253. The molecule has 3 aromatic rings. The molecule has 0 saturated heterocycles. The third-order valence-electron chi connectivity index (χ3n) is 5.31. The number of anilines is 1. The smallest absolute Gasteiger partial charge is 0.265 e. The summed E-state index contributed by atoms with van der Waals surface area (Å²) in [7, 11) is -3.76. The molecule has 0 fully saturated rings. The molecule has 170 valence electrons. The molecule has 0 bridgehead atoms. The van der Waals surface area contributed by atoms with Crippen molar-refractivity contribution in [1.82, 2.24) is 0 Å². The van der Waals surface area contributed by atoms with E-state index in [0.717, 1.165) is 32.7 Å². The number of rotatable bonds is 6. The zero-order valence-electron chi connectivity index (χ0n) is 17.9. The molecule has 2 heterocycles. The summed E-state index contributed by atoms with van der Waals surface area (Å²) in [4.78, 5) is 39.5. The lowest BCUT2D eigenvalue weighted by atomic mass is 9.96. The second-order valence-electron chi connectivity index (χ2n) is 8.00. The van der Waals surface area contributed by atoms with Gasteiger partial charge in [0.2, 0.25) is 5.91 Å². The minimum Gasteiger partial charge on any atom is -0.298 e. The number of carbonyl (C=O) groups is 3. The van der Waals surface area contributed by atoms with E-state index in [1.54, 1.807) is 31.2 Å². The normalized spacial score (nSPS) is 13.8. The van der Waals surface area contributed by atoms with Crippen molar-refractivity contribution in [3.63, 3.8) is 0 Å². The van der Waals surface area contributed by atoms with Crippen molar-refractivity contribution in [1.29, 1.82) is 0 Å². The van der Waals surface area contributed by atoms with Crippen molar-refractivity contribution in [3.05, 3.63) is 81.5 Å². The monoisotopic (exact) mass is 485 g/mol. The van der Waals surface area contributed by atoms with Crippen LogP contribution in [0.3, 0.4) is 0 Å². The van der Waals surface area contributed by atoms with Crippen LogP contribution >= 0.6 is 11.3 Å². The van der Waals surface area contributed by atoms with Crippen molar-refractivity contribution >= 4 is 44.5 Å². The van der Waals surface area contributed by atoms with Crippen molar-refractivity contribution in [2.24, 2.45) is 0 Å². The first-order chi connectivity index (χ1) is 15.5. The molecule has 2 amide bonds. The van der Waals surface area contributed by atoms with E-state index in [9.17, 15) is 27.2 Å². The number of hydrogen-bond donors (Lipinski definition) is 0. The van der Waals surface area contributed by atoms with E-state index < -0.39 is 39.0 Å². The summed E-state index contributed by atoms with van der Waals surface area (Å²) >= 11 is 1.09. The Morgan fingerprint density at radius 3 is 2.48 bits per heavy atom. The number of amides is 2. The van der Waals surface area contributed by atoms with E-state index in [1.807, 2.05) is 6.92 Å². The van der Waals surface area contributed by atoms with Crippen LogP contribution in [0.25, 0.3) is 0 Å². The van der Waals surface area contributed by atoms with Gasteiger partial charge in [-0.2, -0.15) is 0 Å². The number of halogens is 1. The highest BCUT2D eigenvalue weighted by atomic mass is 32.2. The zero-order valence-corrected chi connectivity index (χ0v) is 19.6. The first kappa shape index (κ1) is 23.0. The van der Waals surface area contributed by atoms with Gasteiger partial charge < -0.3 is 0 Å². The molecule has 0 spiro atoms. The maximum Gasteiger partial charge on any atom is 0.265 e. The molecule has 0 radical (unpaired) electrons. The molecule has 1 aliphatic heterocycles. The lowest BCUT2D eigenvalue weighted by Crippen LogP contribution is -2.43. The number of sulfone groups is 1. The average Bonchev–Trinajstić information content (AvgIpc) is 3.16. The molecule has 0 atom stereocenters. The van der Waals surface area contributed by atoms with E-state index >= 15 is 0 Å². The number of imide groups is 1. The van der Waals surface area contributed by atoms with Crippen LogP contribution in [0.5, 0.6) is 0 Å². The summed E-state index contributed by atoms with van der Waals surface area (Å²) in [5, 5.41) is 0. The molecular formula is C24H20FNO5S2. The Morgan fingerprint density at radius 2 is 1.82 bits per heavy atom. The van der Waals surface area contributed by atoms with Crippen LogP contribution in [-0.2, 0) is 32.3 Å². The van der Waals surface area contributed by atoms with Gasteiger partial charge >= 0.3 is 0 Å². The molecule has 6 nitrogen and oxygen atoms in total. The third-order valence-corrected chi connectivity index (χ3v) is 8.57. The highest BCUT2D eigenvalue weighted by Gasteiger charge is 2.33. The van der Waals surface area contributed by atoms with Gasteiger partial charge in [0.1, 0.15) is 15.8 Å². The first-order valence-electron chi connectivity index (χ1n) is 10.1. The van der Waals surface area contributed by atoms with Crippen molar-refractivity contribution in [2.75, 3.05) is 10.7 Å². The Kier molecular flexibility index (Phi) is 6.02. The highest BCUT2D eigenvalue weighted by Crippen LogP contribution is 2.29. The summed E-state index contributed by atoms with van der Waals surface area (Å²) in [6.45, 7) is 3.63. The number of ketones is 1. The summed E-state index contributed by atoms with van der Waals surface area (Å²) in [6, 6.07) is 12.0. The zero-order chi connectivity index (χ0) is 23.9. The second-order valence-corrected chi connectivity index (χ2v) is 11.5. The number of aryl methyl sites for hydroxylation is 2. The highest BCUT2D eigenvalue weighted by molar-refractivity contribution is 7.94. The first-order valence-corrected chi connectivity index (χ1v) is 12.6. The van der Waals surface area contributed by atoms with Gasteiger partial charge in [-0.25, -0.2) is 17.7 Å². The quantitative estimate of drug-likeness (QED) is 0.496. The van der Waals surface area contributed by atoms with Crippen LogP contribution < -0.4 is 4.90 Å². The van der Waals surface area contributed by atoms with E-state index in [0.29, 0.717) is 11.1 Å². The minimum atomic E-state index is -3.76. The number of carbonyl (C=O) groups excluding carboxylic acids is 3. The van der Waals surface area contributed by atoms with Crippen LogP contribution in [0.4, 0.5) is 10.1 Å². The fraction of sp³-hybridized carbons (Fsp3) is 0.208. The maximum absolute atomic E-state index is 14.9. The van der Waals surface area contributed by atoms with Gasteiger partial charge in [-0.15, -0.1) is 11.3 Å². The predicted molar refractivity (Wildman–Crippen MR) is 123 cm³/mol. The fourth-order valence-electron chi connectivity index (χ4n) is 3.78. The van der Waals surface area contributed by atoms with Gasteiger partial charge in [-0.1, -0.05) is 23.8 Å². The van der Waals surface area contributed by atoms with Gasteiger partial charge in [0.15, 0.2) is 15.6 Å². The molecule has 9 heteroatoms. The number of benzene rings is 2. The maximum atomic E-state index is 14.9.